The van der Waals surface area contributed by atoms with E-state index in [1.54, 1.807) is 0 Å². The number of cyclic esters (lactones) is 2. The minimum absolute atomic E-state index is 0. The zero-order valence-corrected chi connectivity index (χ0v) is 24.1. The fourth-order valence-corrected chi connectivity index (χ4v) is 4.08. The van der Waals surface area contributed by atoms with E-state index in [0.717, 1.165) is 18.4 Å². The van der Waals surface area contributed by atoms with E-state index in [4.69, 9.17) is 0 Å². The molecule has 0 spiro atoms. The molecule has 1 aliphatic heterocycles. The van der Waals surface area contributed by atoms with Crippen molar-refractivity contribution in [2.75, 3.05) is 14.2 Å². The van der Waals surface area contributed by atoms with Crippen LogP contribution in [-0.4, -0.2) is 43.6 Å². The first-order valence-corrected chi connectivity index (χ1v) is 13.2. The van der Waals surface area contributed by atoms with Gasteiger partial charge in [-0.25, -0.2) is 0 Å². The van der Waals surface area contributed by atoms with Gasteiger partial charge in [0.2, 0.25) is 0 Å². The van der Waals surface area contributed by atoms with Crippen molar-refractivity contribution >= 4 is 23.9 Å². The van der Waals surface area contributed by atoms with Gasteiger partial charge in [0.25, 0.3) is 0 Å². The molecule has 0 unspecified atom stereocenters. The molecule has 228 valence electrons. The van der Waals surface area contributed by atoms with Crippen molar-refractivity contribution in [3.63, 3.8) is 0 Å². The molecule has 1 heterocycles. The number of carbonyl (C=O) groups excluding carboxylic acids is 4. The lowest BCUT2D eigenvalue weighted by Gasteiger charge is -2.08. The third-order valence-electron chi connectivity index (χ3n) is 6.26. The topological polar surface area (TPSA) is 127 Å². The molecule has 4 rings (SSSR count). The Morgan fingerprint density at radius 3 is 1.38 bits per heavy atom. The average molecular weight is 581 g/mol. The molecule has 1 aliphatic rings. The van der Waals surface area contributed by atoms with Gasteiger partial charge in [-0.05, 0) is 36.0 Å². The first kappa shape index (κ1) is 37.7. The normalized spacial score (nSPS) is 14.5. The first-order valence-electron chi connectivity index (χ1n) is 13.2. The quantitative estimate of drug-likeness (QED) is 0.203. The van der Waals surface area contributed by atoms with Crippen LogP contribution < -0.4 is 0 Å². The minimum atomic E-state index is -0.407. The van der Waals surface area contributed by atoms with Crippen molar-refractivity contribution in [1.29, 1.82) is 0 Å². The molecule has 3 aromatic carbocycles. The molecular weight excluding hydrogens is 536 g/mol. The highest BCUT2D eigenvalue weighted by Crippen LogP contribution is 2.20. The molecule has 42 heavy (non-hydrogen) atoms. The van der Waals surface area contributed by atoms with Gasteiger partial charge in [-0.3, -0.25) is 19.2 Å². The Kier molecular flexibility index (Phi) is 18.5. The van der Waals surface area contributed by atoms with E-state index >= 15 is 0 Å². The van der Waals surface area contributed by atoms with Crippen LogP contribution in [0.25, 0.3) is 0 Å². The van der Waals surface area contributed by atoms with E-state index in [-0.39, 0.29) is 55.0 Å². The lowest BCUT2D eigenvalue weighted by Crippen LogP contribution is -2.14. The summed E-state index contributed by atoms with van der Waals surface area (Å²) in [4.78, 5) is 44.1. The van der Waals surface area contributed by atoms with Crippen LogP contribution >= 0.6 is 0 Å². The number of rotatable bonds is 8. The summed E-state index contributed by atoms with van der Waals surface area (Å²) in [5, 5.41) is 0. The maximum atomic E-state index is 11.1. The molecule has 3 aromatic rings. The van der Waals surface area contributed by atoms with Gasteiger partial charge in [-0.1, -0.05) is 112 Å². The van der Waals surface area contributed by atoms with Gasteiger partial charge in [0.1, 0.15) is 0 Å². The Hall–Kier alpha value is -4.30. The van der Waals surface area contributed by atoms with E-state index in [1.165, 1.54) is 25.3 Å². The second-order valence-electron chi connectivity index (χ2n) is 9.61. The van der Waals surface area contributed by atoms with Crippen molar-refractivity contribution in [2.24, 2.45) is 17.8 Å². The van der Waals surface area contributed by atoms with E-state index in [9.17, 15) is 19.2 Å². The Bertz CT molecular complexity index is 1140. The second kappa shape index (κ2) is 20.6. The molecule has 0 bridgehead atoms. The van der Waals surface area contributed by atoms with E-state index in [1.807, 2.05) is 105 Å². The van der Waals surface area contributed by atoms with Crippen molar-refractivity contribution in [3.8, 4) is 0 Å². The SMILES string of the molecule is C.COC(=O)[C@@H](C)Cc1ccccc1.COC(=O)[C@H](C)Cc1ccccc1.O.O=C1C[C@@H](Cc2ccccc2)C(=O)O1. The molecule has 2 N–H and O–H groups in total. The first-order chi connectivity index (χ1) is 19.2. The van der Waals surface area contributed by atoms with E-state index in [2.05, 4.69) is 14.2 Å². The Morgan fingerprint density at radius 2 is 1.07 bits per heavy atom. The molecule has 0 amide bonds. The van der Waals surface area contributed by atoms with Crippen LogP contribution in [0.3, 0.4) is 0 Å². The van der Waals surface area contributed by atoms with Crippen LogP contribution in [-0.2, 0) is 52.7 Å². The summed E-state index contributed by atoms with van der Waals surface area (Å²) in [7, 11) is 2.84. The summed E-state index contributed by atoms with van der Waals surface area (Å²) in [6.45, 7) is 3.75. The third kappa shape index (κ3) is 13.9. The van der Waals surface area contributed by atoms with Crippen LogP contribution in [0.2, 0.25) is 0 Å². The average Bonchev–Trinajstić information content (AvgIpc) is 3.30. The van der Waals surface area contributed by atoms with E-state index < -0.39 is 5.97 Å². The van der Waals surface area contributed by atoms with Crippen molar-refractivity contribution in [3.05, 3.63) is 108 Å². The third-order valence-corrected chi connectivity index (χ3v) is 6.26. The van der Waals surface area contributed by atoms with Gasteiger partial charge in [0.05, 0.1) is 38.4 Å². The van der Waals surface area contributed by atoms with Gasteiger partial charge in [-0.15, -0.1) is 0 Å². The molecule has 0 aliphatic carbocycles. The fourth-order valence-electron chi connectivity index (χ4n) is 4.08. The number of hydrogen-bond donors (Lipinski definition) is 0. The van der Waals surface area contributed by atoms with Gasteiger partial charge in [-0.2, -0.15) is 0 Å². The van der Waals surface area contributed by atoms with Gasteiger partial charge in [0.15, 0.2) is 0 Å². The fraction of sp³-hybridized carbons (Fsp3) is 0.353. The summed E-state index contributed by atoms with van der Waals surface area (Å²) in [5.74, 6) is -1.51. The molecule has 8 nitrogen and oxygen atoms in total. The van der Waals surface area contributed by atoms with Crippen molar-refractivity contribution < 1.29 is 38.9 Å². The van der Waals surface area contributed by atoms with Gasteiger partial charge in [0, 0.05) is 0 Å². The standard InChI is InChI=1S/C11H10O3.2C11H14O2.CH4.H2O/c12-10-7-9(11(13)14-10)6-8-4-2-1-3-5-8;2*1-9(11(12)13-2)8-10-6-4-3-5-7-10;;/h1-5,9H,6-7H2;2*3-7,9H,8H2,1-2H3;1H4;1H2/t3*9-;;/m110../s1. The number of hydrogen-bond acceptors (Lipinski definition) is 7. The summed E-state index contributed by atoms with van der Waals surface area (Å²) in [5.41, 5.74) is 3.39. The lowest BCUT2D eigenvalue weighted by atomic mass is 9.98. The highest BCUT2D eigenvalue weighted by molar-refractivity contribution is 5.94. The Morgan fingerprint density at radius 1 is 0.714 bits per heavy atom. The highest BCUT2D eigenvalue weighted by Gasteiger charge is 2.33. The maximum absolute atomic E-state index is 11.1. The van der Waals surface area contributed by atoms with Crippen LogP contribution in [0, 0.1) is 17.8 Å². The minimum Gasteiger partial charge on any atom is -0.469 e. The molecule has 8 heteroatoms. The molecular formula is C34H44O8. The highest BCUT2D eigenvalue weighted by atomic mass is 16.6. The smallest absolute Gasteiger partial charge is 0.317 e. The molecule has 1 fully saturated rings. The monoisotopic (exact) mass is 580 g/mol. The second-order valence-corrected chi connectivity index (χ2v) is 9.61. The van der Waals surface area contributed by atoms with E-state index in [0.29, 0.717) is 6.42 Å². The number of benzene rings is 3. The predicted molar refractivity (Wildman–Crippen MR) is 162 cm³/mol. The predicted octanol–water partition coefficient (Wildman–Crippen LogP) is 5.21. The Labute approximate surface area is 249 Å². The van der Waals surface area contributed by atoms with Crippen LogP contribution in [0.1, 0.15) is 44.4 Å². The van der Waals surface area contributed by atoms with Crippen LogP contribution in [0.4, 0.5) is 0 Å². The lowest BCUT2D eigenvalue weighted by molar-refractivity contribution is -0.153. The van der Waals surface area contributed by atoms with Crippen LogP contribution in [0.15, 0.2) is 91.0 Å². The summed E-state index contributed by atoms with van der Waals surface area (Å²) >= 11 is 0. The number of ether oxygens (including phenoxy) is 3. The number of methoxy groups -OCH3 is 2. The number of esters is 4. The molecule has 0 aromatic heterocycles. The summed E-state index contributed by atoms with van der Waals surface area (Å²) < 4.78 is 13.8. The van der Waals surface area contributed by atoms with Gasteiger partial charge < -0.3 is 19.7 Å². The summed E-state index contributed by atoms with van der Waals surface area (Å²) in [6.07, 6.45) is 2.29. The zero-order valence-electron chi connectivity index (χ0n) is 24.1. The molecule has 0 radical (unpaired) electrons. The van der Waals surface area contributed by atoms with Gasteiger partial charge >= 0.3 is 23.9 Å². The molecule has 3 atom stereocenters. The Balaban J connectivity index is 0.000000587. The maximum Gasteiger partial charge on any atom is 0.317 e. The van der Waals surface area contributed by atoms with Crippen molar-refractivity contribution in [1.82, 2.24) is 0 Å². The molecule has 0 saturated carbocycles. The largest absolute Gasteiger partial charge is 0.469 e. The summed E-state index contributed by atoms with van der Waals surface area (Å²) in [6, 6.07) is 29.5. The number of carbonyl (C=O) groups is 4. The van der Waals surface area contributed by atoms with Crippen LogP contribution in [0.5, 0.6) is 0 Å². The molecule has 1 saturated heterocycles. The zero-order chi connectivity index (χ0) is 29.3. The van der Waals surface area contributed by atoms with Crippen molar-refractivity contribution in [2.45, 2.75) is 47.0 Å².